The molecule has 2 aromatic carbocycles. The predicted octanol–water partition coefficient (Wildman–Crippen LogP) is 2.70. The van der Waals surface area contributed by atoms with Gasteiger partial charge in [-0.2, -0.15) is 0 Å². The van der Waals surface area contributed by atoms with Crippen molar-refractivity contribution >= 4 is 23.0 Å². The molecule has 2 aromatic rings. The third kappa shape index (κ3) is 3.71. The molecular weight excluding hydrogens is 356 g/mol. The van der Waals surface area contributed by atoms with Crippen LogP contribution >= 0.6 is 0 Å². The van der Waals surface area contributed by atoms with Crippen LogP contribution in [0.1, 0.15) is 12.0 Å². The van der Waals surface area contributed by atoms with Gasteiger partial charge in [0.25, 0.3) is 5.69 Å². The van der Waals surface area contributed by atoms with Gasteiger partial charge >= 0.3 is 0 Å². The first kappa shape index (κ1) is 18.4. The second-order valence-electron chi connectivity index (χ2n) is 7.25. The normalized spacial score (nSPS) is 16.9. The maximum Gasteiger partial charge on any atom is 0.292 e. The molecule has 7 heteroatoms. The summed E-state index contributed by atoms with van der Waals surface area (Å²) in [5.74, 6) is 0.172. The molecule has 2 heterocycles. The van der Waals surface area contributed by atoms with E-state index in [-0.39, 0.29) is 16.5 Å². The fraction of sp³-hybridized carbons (Fsp3) is 0.381. The number of fused-ring (bicyclic) bond motifs is 1. The highest BCUT2D eigenvalue weighted by molar-refractivity contribution is 5.95. The number of nitrogens with zero attached hydrogens (tertiary/aromatic N) is 4. The van der Waals surface area contributed by atoms with Gasteiger partial charge in [-0.15, -0.1) is 0 Å². The molecule has 0 bridgehead atoms. The van der Waals surface area contributed by atoms with E-state index in [1.807, 2.05) is 35.2 Å². The van der Waals surface area contributed by atoms with E-state index in [0.717, 1.165) is 51.4 Å². The van der Waals surface area contributed by atoms with Crippen LogP contribution in [0, 0.1) is 10.1 Å². The summed E-state index contributed by atoms with van der Waals surface area (Å²) in [4.78, 5) is 29.8. The van der Waals surface area contributed by atoms with Gasteiger partial charge in [-0.05, 0) is 24.1 Å². The lowest BCUT2D eigenvalue weighted by Gasteiger charge is -2.35. The van der Waals surface area contributed by atoms with Crippen molar-refractivity contribution in [3.8, 4) is 0 Å². The Morgan fingerprint density at radius 2 is 1.61 bits per heavy atom. The van der Waals surface area contributed by atoms with Crippen molar-refractivity contribution in [1.82, 2.24) is 4.90 Å². The molecule has 4 rings (SSSR count). The van der Waals surface area contributed by atoms with Crippen LogP contribution in [0.25, 0.3) is 0 Å². The molecule has 0 atom stereocenters. The van der Waals surface area contributed by atoms with Crippen LogP contribution in [0.5, 0.6) is 0 Å². The Morgan fingerprint density at radius 3 is 2.36 bits per heavy atom. The van der Waals surface area contributed by atoms with Gasteiger partial charge in [0, 0.05) is 57.4 Å². The number of amides is 1. The molecule has 1 saturated heterocycles. The maximum absolute atomic E-state index is 12.7. The van der Waals surface area contributed by atoms with E-state index < -0.39 is 0 Å². The average Bonchev–Trinajstić information content (AvgIpc) is 3.17. The summed E-state index contributed by atoms with van der Waals surface area (Å²) < 4.78 is 0. The zero-order valence-corrected chi connectivity index (χ0v) is 15.8. The van der Waals surface area contributed by atoms with Gasteiger partial charge in [0.2, 0.25) is 5.91 Å². The molecule has 2 aliphatic heterocycles. The summed E-state index contributed by atoms with van der Waals surface area (Å²) in [6.45, 7) is 4.55. The lowest BCUT2D eigenvalue weighted by Crippen LogP contribution is -2.47. The quantitative estimate of drug-likeness (QED) is 0.589. The molecule has 1 fully saturated rings. The number of anilines is 2. The first-order chi connectivity index (χ1) is 13.6. The molecule has 0 aromatic heterocycles. The van der Waals surface area contributed by atoms with E-state index in [4.69, 9.17) is 0 Å². The maximum atomic E-state index is 12.7. The van der Waals surface area contributed by atoms with E-state index >= 15 is 0 Å². The second kappa shape index (κ2) is 7.98. The lowest BCUT2D eigenvalue weighted by atomic mass is 10.2. The van der Waals surface area contributed by atoms with Gasteiger partial charge in [0.15, 0.2) is 0 Å². The minimum absolute atomic E-state index is 0.152. The van der Waals surface area contributed by atoms with E-state index in [2.05, 4.69) is 15.9 Å². The van der Waals surface area contributed by atoms with E-state index in [1.54, 1.807) is 12.1 Å². The Kier molecular flexibility index (Phi) is 5.25. The highest BCUT2D eigenvalue weighted by Crippen LogP contribution is 2.29. The highest BCUT2D eigenvalue weighted by Gasteiger charge is 2.26. The molecular formula is C21H24N4O3. The van der Waals surface area contributed by atoms with Gasteiger partial charge in [-0.25, -0.2) is 0 Å². The van der Waals surface area contributed by atoms with Gasteiger partial charge in [-0.1, -0.05) is 30.3 Å². The lowest BCUT2D eigenvalue weighted by molar-refractivity contribution is -0.384. The minimum Gasteiger partial charge on any atom is -0.363 e. The van der Waals surface area contributed by atoms with Crippen molar-refractivity contribution in [2.75, 3.05) is 49.1 Å². The number of piperazine rings is 1. The number of nitro groups is 1. The minimum atomic E-state index is -0.325. The van der Waals surface area contributed by atoms with Crippen molar-refractivity contribution in [2.45, 2.75) is 12.8 Å². The molecule has 28 heavy (non-hydrogen) atoms. The Balaban J connectivity index is 1.30. The first-order valence-electron chi connectivity index (χ1n) is 9.72. The summed E-state index contributed by atoms with van der Waals surface area (Å²) in [5.41, 5.74) is 3.12. The Hall–Kier alpha value is -2.93. The zero-order chi connectivity index (χ0) is 19.5. The monoisotopic (exact) mass is 380 g/mol. The van der Waals surface area contributed by atoms with Crippen molar-refractivity contribution < 1.29 is 9.72 Å². The molecule has 146 valence electrons. The largest absolute Gasteiger partial charge is 0.363 e. The number of carbonyl (C=O) groups excluding carboxylic acids is 1. The number of rotatable bonds is 5. The summed E-state index contributed by atoms with van der Waals surface area (Å²) in [7, 11) is 0. The SMILES string of the molecule is O=C(CCN1CCN(c2ccccc2[N+](=O)[O-])CC1)N1CCc2ccccc21. The molecule has 0 aliphatic carbocycles. The van der Waals surface area contributed by atoms with Gasteiger partial charge in [0.05, 0.1) is 4.92 Å². The number of hydrogen-bond donors (Lipinski definition) is 0. The molecule has 2 aliphatic rings. The number of para-hydroxylation sites is 3. The van der Waals surface area contributed by atoms with Crippen molar-refractivity contribution in [3.05, 3.63) is 64.2 Å². The van der Waals surface area contributed by atoms with Crippen LogP contribution < -0.4 is 9.80 Å². The molecule has 0 spiro atoms. The zero-order valence-electron chi connectivity index (χ0n) is 15.8. The number of hydrogen-bond acceptors (Lipinski definition) is 5. The Bertz CT molecular complexity index is 877. The molecule has 0 saturated carbocycles. The van der Waals surface area contributed by atoms with E-state index in [1.165, 1.54) is 5.56 Å². The first-order valence-corrected chi connectivity index (χ1v) is 9.72. The van der Waals surface area contributed by atoms with Gasteiger partial charge in [-0.3, -0.25) is 19.8 Å². The van der Waals surface area contributed by atoms with Crippen LogP contribution in [-0.2, 0) is 11.2 Å². The summed E-state index contributed by atoms with van der Waals surface area (Å²) >= 11 is 0. The number of nitro benzene ring substituents is 1. The third-order valence-electron chi connectivity index (χ3n) is 5.62. The second-order valence-corrected chi connectivity index (χ2v) is 7.25. The fourth-order valence-electron chi connectivity index (χ4n) is 4.08. The van der Waals surface area contributed by atoms with Gasteiger partial charge in [0.1, 0.15) is 5.69 Å². The summed E-state index contributed by atoms with van der Waals surface area (Å²) in [6.07, 6.45) is 1.43. The van der Waals surface area contributed by atoms with Crippen molar-refractivity contribution in [3.63, 3.8) is 0 Å². The van der Waals surface area contributed by atoms with Crippen LogP contribution in [0.3, 0.4) is 0 Å². The molecule has 1 amide bonds. The fourth-order valence-corrected chi connectivity index (χ4v) is 4.08. The Morgan fingerprint density at radius 1 is 0.929 bits per heavy atom. The van der Waals surface area contributed by atoms with Crippen LogP contribution in [0.2, 0.25) is 0 Å². The predicted molar refractivity (Wildman–Crippen MR) is 109 cm³/mol. The van der Waals surface area contributed by atoms with Crippen molar-refractivity contribution in [2.24, 2.45) is 0 Å². The molecule has 0 N–H and O–H groups in total. The topological polar surface area (TPSA) is 69.9 Å². The Labute approximate surface area is 164 Å². The van der Waals surface area contributed by atoms with Crippen molar-refractivity contribution in [1.29, 1.82) is 0 Å². The summed E-state index contributed by atoms with van der Waals surface area (Å²) in [6, 6.07) is 15.0. The third-order valence-corrected chi connectivity index (χ3v) is 5.62. The van der Waals surface area contributed by atoms with E-state index in [9.17, 15) is 14.9 Å². The standard InChI is InChI=1S/C21H24N4O3/c26-21(24-12-9-17-5-1-2-6-18(17)24)10-11-22-13-15-23(16-14-22)19-7-3-4-8-20(19)25(27)28/h1-8H,9-16H2. The highest BCUT2D eigenvalue weighted by atomic mass is 16.6. The molecule has 0 radical (unpaired) electrons. The van der Waals surface area contributed by atoms with Crippen LogP contribution in [-0.4, -0.2) is 55.0 Å². The van der Waals surface area contributed by atoms with E-state index in [0.29, 0.717) is 12.1 Å². The smallest absolute Gasteiger partial charge is 0.292 e. The summed E-state index contributed by atoms with van der Waals surface area (Å²) in [5, 5.41) is 11.2. The van der Waals surface area contributed by atoms with Gasteiger partial charge < -0.3 is 9.80 Å². The van der Waals surface area contributed by atoms with Crippen LogP contribution in [0.4, 0.5) is 17.1 Å². The molecule has 0 unspecified atom stereocenters. The van der Waals surface area contributed by atoms with Crippen LogP contribution in [0.15, 0.2) is 48.5 Å². The number of benzene rings is 2. The average molecular weight is 380 g/mol. The molecule has 7 nitrogen and oxygen atoms in total. The number of carbonyl (C=O) groups is 1.